The van der Waals surface area contributed by atoms with E-state index in [9.17, 15) is 8.78 Å². The molecule has 1 aliphatic carbocycles. The molecule has 1 aromatic rings. The summed E-state index contributed by atoms with van der Waals surface area (Å²) in [4.78, 5) is 0. The van der Waals surface area contributed by atoms with Crippen molar-refractivity contribution in [2.45, 2.75) is 19.0 Å². The summed E-state index contributed by atoms with van der Waals surface area (Å²) in [6.45, 7) is 0.366. The normalized spacial score (nSPS) is 23.7. The van der Waals surface area contributed by atoms with E-state index in [0.717, 1.165) is 0 Å². The highest BCUT2D eigenvalue weighted by Gasteiger charge is 2.29. The second-order valence-electron chi connectivity index (χ2n) is 4.04. The summed E-state index contributed by atoms with van der Waals surface area (Å²) in [7, 11) is 1.51. The van der Waals surface area contributed by atoms with Gasteiger partial charge < -0.3 is 9.47 Å². The van der Waals surface area contributed by atoms with E-state index in [1.165, 1.54) is 25.3 Å². The first-order chi connectivity index (χ1) is 7.69. The van der Waals surface area contributed by atoms with E-state index < -0.39 is 12.0 Å². The van der Waals surface area contributed by atoms with Crippen molar-refractivity contribution in [3.8, 4) is 11.5 Å². The molecule has 0 atom stereocenters. The molecule has 0 aliphatic heterocycles. The van der Waals surface area contributed by atoms with Gasteiger partial charge in [0.25, 0.3) is 0 Å². The molecule has 0 saturated heterocycles. The number of halogens is 2. The maximum atomic E-state index is 13.3. The van der Waals surface area contributed by atoms with E-state index in [1.54, 1.807) is 0 Å². The zero-order valence-corrected chi connectivity index (χ0v) is 9.08. The van der Waals surface area contributed by atoms with Crippen molar-refractivity contribution in [1.82, 2.24) is 0 Å². The van der Waals surface area contributed by atoms with Crippen molar-refractivity contribution >= 4 is 0 Å². The van der Waals surface area contributed by atoms with Crippen LogP contribution in [0.25, 0.3) is 0 Å². The van der Waals surface area contributed by atoms with Gasteiger partial charge in [0.05, 0.1) is 13.7 Å². The Kier molecular flexibility index (Phi) is 3.27. The van der Waals surface area contributed by atoms with Gasteiger partial charge in [-0.1, -0.05) is 0 Å². The van der Waals surface area contributed by atoms with E-state index in [0.29, 0.717) is 25.2 Å². The first-order valence-electron chi connectivity index (χ1n) is 5.29. The summed E-state index contributed by atoms with van der Waals surface area (Å²) in [6.07, 6.45) is 0.334. The molecular weight excluding hydrogens is 214 g/mol. The zero-order chi connectivity index (χ0) is 11.5. The molecular formula is C12H14F2O2. The number of methoxy groups -OCH3 is 1. The maximum absolute atomic E-state index is 13.3. The second kappa shape index (κ2) is 4.68. The minimum absolute atomic E-state index is 0.168. The monoisotopic (exact) mass is 228 g/mol. The van der Waals surface area contributed by atoms with E-state index >= 15 is 0 Å². The van der Waals surface area contributed by atoms with Crippen LogP contribution in [0.15, 0.2) is 18.2 Å². The molecule has 0 heterocycles. The van der Waals surface area contributed by atoms with Crippen molar-refractivity contribution in [3.05, 3.63) is 24.0 Å². The summed E-state index contributed by atoms with van der Waals surface area (Å²) in [5.74, 6) is 0.507. The molecule has 0 aromatic heterocycles. The fourth-order valence-electron chi connectivity index (χ4n) is 1.72. The van der Waals surface area contributed by atoms with Crippen LogP contribution < -0.4 is 9.47 Å². The molecule has 0 N–H and O–H groups in total. The average molecular weight is 228 g/mol. The Morgan fingerprint density at radius 2 is 2.12 bits per heavy atom. The fourth-order valence-corrected chi connectivity index (χ4v) is 1.72. The molecule has 4 heteroatoms. The van der Waals surface area contributed by atoms with Gasteiger partial charge >= 0.3 is 0 Å². The predicted molar refractivity (Wildman–Crippen MR) is 56.1 cm³/mol. The van der Waals surface area contributed by atoms with E-state index in [2.05, 4.69) is 0 Å². The third-order valence-corrected chi connectivity index (χ3v) is 2.79. The van der Waals surface area contributed by atoms with Gasteiger partial charge in [-0.2, -0.15) is 0 Å². The van der Waals surface area contributed by atoms with E-state index in [-0.39, 0.29) is 11.7 Å². The standard InChI is InChI=1S/C12H14F2O2/c1-15-10-2-3-11(14)12(6-10)16-7-8-4-9(13)5-8/h2-3,6,8-9H,4-5,7H2,1H3. The van der Waals surface area contributed by atoms with Crippen molar-refractivity contribution in [2.75, 3.05) is 13.7 Å². The van der Waals surface area contributed by atoms with Gasteiger partial charge in [0.1, 0.15) is 11.9 Å². The lowest BCUT2D eigenvalue weighted by atomic mass is 9.84. The lowest BCUT2D eigenvalue weighted by molar-refractivity contribution is 0.0844. The molecule has 0 unspecified atom stereocenters. The molecule has 1 aromatic carbocycles. The van der Waals surface area contributed by atoms with E-state index in [1.807, 2.05) is 0 Å². The van der Waals surface area contributed by atoms with Crippen LogP contribution in [0.2, 0.25) is 0 Å². The van der Waals surface area contributed by atoms with Gasteiger partial charge in [0.15, 0.2) is 11.6 Å². The molecule has 0 radical (unpaired) electrons. The average Bonchev–Trinajstić information content (AvgIpc) is 2.25. The number of alkyl halides is 1. The second-order valence-corrected chi connectivity index (χ2v) is 4.04. The highest BCUT2D eigenvalue weighted by molar-refractivity contribution is 5.34. The molecule has 2 rings (SSSR count). The summed E-state index contributed by atoms with van der Waals surface area (Å²) < 4.78 is 36.1. The lowest BCUT2D eigenvalue weighted by Crippen LogP contribution is -2.29. The first-order valence-corrected chi connectivity index (χ1v) is 5.29. The molecule has 88 valence electrons. The Balaban J connectivity index is 1.92. The van der Waals surface area contributed by atoms with Crippen LogP contribution in [-0.4, -0.2) is 19.9 Å². The topological polar surface area (TPSA) is 18.5 Å². The predicted octanol–water partition coefficient (Wildman–Crippen LogP) is 2.96. The van der Waals surface area contributed by atoms with Gasteiger partial charge in [0.2, 0.25) is 0 Å². The van der Waals surface area contributed by atoms with Crippen LogP contribution in [0.5, 0.6) is 11.5 Å². The minimum Gasteiger partial charge on any atom is -0.497 e. The quantitative estimate of drug-likeness (QED) is 0.788. The van der Waals surface area contributed by atoms with Crippen LogP contribution in [0.4, 0.5) is 8.78 Å². The molecule has 2 nitrogen and oxygen atoms in total. The Morgan fingerprint density at radius 3 is 2.75 bits per heavy atom. The number of hydrogen-bond acceptors (Lipinski definition) is 2. The van der Waals surface area contributed by atoms with Crippen molar-refractivity contribution in [2.24, 2.45) is 5.92 Å². The molecule has 0 spiro atoms. The SMILES string of the molecule is COc1ccc(F)c(OCC2CC(F)C2)c1. The van der Waals surface area contributed by atoms with Crippen molar-refractivity contribution < 1.29 is 18.3 Å². The zero-order valence-electron chi connectivity index (χ0n) is 9.08. The third-order valence-electron chi connectivity index (χ3n) is 2.79. The first kappa shape index (κ1) is 11.2. The van der Waals surface area contributed by atoms with Crippen LogP contribution in [0.3, 0.4) is 0 Å². The molecule has 1 aliphatic rings. The fraction of sp³-hybridized carbons (Fsp3) is 0.500. The lowest BCUT2D eigenvalue weighted by Gasteiger charge is -2.29. The molecule has 1 saturated carbocycles. The summed E-state index contributed by atoms with van der Waals surface area (Å²) in [5.41, 5.74) is 0. The molecule has 16 heavy (non-hydrogen) atoms. The number of hydrogen-bond donors (Lipinski definition) is 0. The minimum atomic E-state index is -0.705. The Morgan fingerprint density at radius 1 is 1.38 bits per heavy atom. The number of ether oxygens (including phenoxy) is 2. The summed E-state index contributed by atoms with van der Waals surface area (Å²) in [5, 5.41) is 0. The van der Waals surface area contributed by atoms with Gasteiger partial charge in [-0.05, 0) is 30.9 Å². The molecule has 0 bridgehead atoms. The van der Waals surface area contributed by atoms with Crippen molar-refractivity contribution in [3.63, 3.8) is 0 Å². The van der Waals surface area contributed by atoms with Crippen LogP contribution in [-0.2, 0) is 0 Å². The highest BCUT2D eigenvalue weighted by atomic mass is 19.1. The van der Waals surface area contributed by atoms with Gasteiger partial charge in [-0.15, -0.1) is 0 Å². The van der Waals surface area contributed by atoms with Gasteiger partial charge in [0, 0.05) is 6.07 Å². The van der Waals surface area contributed by atoms with Gasteiger partial charge in [-0.25, -0.2) is 8.78 Å². The van der Waals surface area contributed by atoms with Crippen LogP contribution in [0.1, 0.15) is 12.8 Å². The third kappa shape index (κ3) is 2.43. The Hall–Kier alpha value is -1.32. The van der Waals surface area contributed by atoms with Gasteiger partial charge in [-0.3, -0.25) is 0 Å². The summed E-state index contributed by atoms with van der Waals surface area (Å²) in [6, 6.07) is 4.33. The smallest absolute Gasteiger partial charge is 0.165 e. The molecule has 1 fully saturated rings. The summed E-state index contributed by atoms with van der Waals surface area (Å²) >= 11 is 0. The maximum Gasteiger partial charge on any atom is 0.165 e. The van der Waals surface area contributed by atoms with Crippen molar-refractivity contribution in [1.29, 1.82) is 0 Å². The highest BCUT2D eigenvalue weighted by Crippen LogP contribution is 2.31. The largest absolute Gasteiger partial charge is 0.497 e. The van der Waals surface area contributed by atoms with Crippen LogP contribution >= 0.6 is 0 Å². The Bertz CT molecular complexity index is 362. The number of benzene rings is 1. The van der Waals surface area contributed by atoms with E-state index in [4.69, 9.17) is 9.47 Å². The molecule has 0 amide bonds. The van der Waals surface area contributed by atoms with Crippen LogP contribution in [0, 0.1) is 11.7 Å². The number of rotatable bonds is 4. The Labute approximate surface area is 93.2 Å².